The molecule has 0 aliphatic carbocycles. The van der Waals surface area contributed by atoms with Gasteiger partial charge >= 0.3 is 5.97 Å². The van der Waals surface area contributed by atoms with Crippen LogP contribution < -0.4 is 0 Å². The van der Waals surface area contributed by atoms with E-state index in [2.05, 4.69) is 9.97 Å². The van der Waals surface area contributed by atoms with Gasteiger partial charge in [-0.3, -0.25) is 4.79 Å². The molecule has 0 saturated carbocycles. The molecule has 1 aliphatic heterocycles. The third-order valence-electron chi connectivity index (χ3n) is 4.72. The summed E-state index contributed by atoms with van der Waals surface area (Å²) < 4.78 is 5.84. The van der Waals surface area contributed by atoms with Gasteiger partial charge in [-0.25, -0.2) is 14.8 Å². The van der Waals surface area contributed by atoms with Crippen molar-refractivity contribution in [3.05, 3.63) is 58.7 Å². The molecule has 138 valence electrons. The van der Waals surface area contributed by atoms with E-state index in [1.807, 2.05) is 0 Å². The molecular formula is C19H16ClN3O4. The number of aromatic nitrogens is 2. The second kappa shape index (κ2) is 7.00. The maximum Gasteiger partial charge on any atom is 0.354 e. The Morgan fingerprint density at radius 1 is 1.19 bits per heavy atom. The van der Waals surface area contributed by atoms with Gasteiger partial charge in [0.25, 0.3) is 5.91 Å². The van der Waals surface area contributed by atoms with E-state index in [-0.39, 0.29) is 17.5 Å². The number of benzene rings is 1. The van der Waals surface area contributed by atoms with E-state index in [0.29, 0.717) is 35.1 Å². The molecule has 2 aromatic heterocycles. The fraction of sp³-hybridized carbons (Fsp3) is 0.263. The van der Waals surface area contributed by atoms with Gasteiger partial charge in [0.05, 0.1) is 0 Å². The number of oxazole rings is 1. The van der Waals surface area contributed by atoms with Crippen molar-refractivity contribution in [1.82, 2.24) is 14.9 Å². The molecule has 1 saturated heterocycles. The summed E-state index contributed by atoms with van der Waals surface area (Å²) in [7, 11) is 0. The molecule has 4 rings (SSSR count). The molecule has 3 aromatic rings. The zero-order valence-corrected chi connectivity index (χ0v) is 15.0. The summed E-state index contributed by atoms with van der Waals surface area (Å²) in [6, 6.07) is 8.18. The first-order valence-corrected chi connectivity index (χ1v) is 8.93. The molecule has 1 aliphatic rings. The highest BCUT2D eigenvalue weighted by molar-refractivity contribution is 6.31. The van der Waals surface area contributed by atoms with Crippen LogP contribution in [0.3, 0.4) is 0 Å². The van der Waals surface area contributed by atoms with Crippen LogP contribution in [0.1, 0.15) is 45.5 Å². The topological polar surface area (TPSA) is 96.5 Å². The predicted octanol–water partition coefficient (Wildman–Crippen LogP) is 3.59. The van der Waals surface area contributed by atoms with Crippen LogP contribution in [-0.4, -0.2) is 44.9 Å². The number of amides is 1. The molecule has 0 unspecified atom stereocenters. The van der Waals surface area contributed by atoms with Crippen LogP contribution in [0.4, 0.5) is 0 Å². The summed E-state index contributed by atoms with van der Waals surface area (Å²) in [5.74, 6) is -0.550. The van der Waals surface area contributed by atoms with Crippen molar-refractivity contribution in [2.24, 2.45) is 0 Å². The van der Waals surface area contributed by atoms with E-state index in [0.717, 1.165) is 18.4 Å². The van der Waals surface area contributed by atoms with Crippen molar-refractivity contribution in [2.45, 2.75) is 18.8 Å². The molecule has 1 aromatic carbocycles. The van der Waals surface area contributed by atoms with Gasteiger partial charge in [-0.2, -0.15) is 0 Å². The van der Waals surface area contributed by atoms with Crippen LogP contribution >= 0.6 is 11.6 Å². The summed E-state index contributed by atoms with van der Waals surface area (Å²) in [4.78, 5) is 33.7. The molecule has 1 amide bonds. The van der Waals surface area contributed by atoms with Gasteiger partial charge in [0, 0.05) is 35.8 Å². The number of carbonyl (C=O) groups excluding carboxylic acids is 1. The predicted molar refractivity (Wildman–Crippen MR) is 98.1 cm³/mol. The van der Waals surface area contributed by atoms with Gasteiger partial charge in [0.15, 0.2) is 11.5 Å². The number of hydrogen-bond donors (Lipinski definition) is 1. The lowest BCUT2D eigenvalue weighted by atomic mass is 9.96. The molecule has 0 bridgehead atoms. The highest BCUT2D eigenvalue weighted by atomic mass is 35.5. The Morgan fingerprint density at radius 2 is 1.96 bits per heavy atom. The van der Waals surface area contributed by atoms with Gasteiger partial charge in [-0.15, -0.1) is 0 Å². The molecule has 7 nitrogen and oxygen atoms in total. The van der Waals surface area contributed by atoms with Crippen LogP contribution in [-0.2, 0) is 0 Å². The second-order valence-corrected chi connectivity index (χ2v) is 6.90. The number of hydrogen-bond acceptors (Lipinski definition) is 5. The molecular weight excluding hydrogens is 370 g/mol. The molecule has 8 heteroatoms. The van der Waals surface area contributed by atoms with Crippen molar-refractivity contribution in [3.8, 4) is 0 Å². The van der Waals surface area contributed by atoms with Gasteiger partial charge < -0.3 is 14.4 Å². The minimum Gasteiger partial charge on any atom is -0.477 e. The number of rotatable bonds is 3. The van der Waals surface area contributed by atoms with E-state index in [1.54, 1.807) is 23.1 Å². The average Bonchev–Trinajstić information content (AvgIpc) is 3.10. The highest BCUT2D eigenvalue weighted by Crippen LogP contribution is 2.31. The number of nitrogens with zero attached hydrogens (tertiary/aromatic N) is 3. The van der Waals surface area contributed by atoms with E-state index in [9.17, 15) is 9.59 Å². The molecule has 1 N–H and O–H groups in total. The molecule has 3 heterocycles. The summed E-state index contributed by atoms with van der Waals surface area (Å²) in [6.45, 7) is 1.10. The van der Waals surface area contributed by atoms with Crippen molar-refractivity contribution in [3.63, 3.8) is 0 Å². The minimum atomic E-state index is -1.15. The number of carboxylic acid groups (broad SMARTS) is 1. The SMILES string of the molecule is O=C(O)c1cc(C(=O)N2CCC(c3nc4cc(Cl)ccc4o3)CC2)ccn1. The van der Waals surface area contributed by atoms with E-state index in [1.165, 1.54) is 18.3 Å². The number of piperidine rings is 1. The molecule has 1 fully saturated rings. The zero-order chi connectivity index (χ0) is 19.0. The van der Waals surface area contributed by atoms with Crippen molar-refractivity contribution < 1.29 is 19.1 Å². The quantitative estimate of drug-likeness (QED) is 0.740. The van der Waals surface area contributed by atoms with E-state index < -0.39 is 5.97 Å². The summed E-state index contributed by atoms with van der Waals surface area (Å²) in [6.07, 6.45) is 2.79. The van der Waals surface area contributed by atoms with E-state index in [4.69, 9.17) is 21.1 Å². The van der Waals surface area contributed by atoms with Crippen LogP contribution in [0.5, 0.6) is 0 Å². The third kappa shape index (κ3) is 3.50. The average molecular weight is 386 g/mol. The van der Waals surface area contributed by atoms with Crippen molar-refractivity contribution in [2.75, 3.05) is 13.1 Å². The van der Waals surface area contributed by atoms with E-state index >= 15 is 0 Å². The number of carboxylic acids is 1. The van der Waals surface area contributed by atoms with Crippen LogP contribution in [0.15, 0.2) is 40.9 Å². The summed E-state index contributed by atoms with van der Waals surface area (Å²) in [5, 5.41) is 9.64. The number of pyridine rings is 1. The first kappa shape index (κ1) is 17.5. The first-order chi connectivity index (χ1) is 13.0. The molecule has 0 atom stereocenters. The lowest BCUT2D eigenvalue weighted by Crippen LogP contribution is -2.38. The van der Waals surface area contributed by atoms with Crippen LogP contribution in [0.2, 0.25) is 5.02 Å². The summed E-state index contributed by atoms with van der Waals surface area (Å²) >= 11 is 5.99. The Hall–Kier alpha value is -2.93. The maximum absolute atomic E-state index is 12.6. The normalized spacial score (nSPS) is 15.2. The molecule has 0 radical (unpaired) electrons. The van der Waals surface area contributed by atoms with Crippen molar-refractivity contribution in [1.29, 1.82) is 0 Å². The van der Waals surface area contributed by atoms with Crippen LogP contribution in [0.25, 0.3) is 11.1 Å². The Bertz CT molecular complexity index is 1020. The number of fused-ring (bicyclic) bond motifs is 1. The maximum atomic E-state index is 12.6. The number of likely N-dealkylation sites (tertiary alicyclic amines) is 1. The Morgan fingerprint density at radius 3 is 2.70 bits per heavy atom. The zero-order valence-electron chi connectivity index (χ0n) is 14.3. The number of aromatic carboxylic acids is 1. The van der Waals surface area contributed by atoms with Gasteiger partial charge in [0.2, 0.25) is 0 Å². The third-order valence-corrected chi connectivity index (χ3v) is 4.96. The largest absolute Gasteiger partial charge is 0.477 e. The fourth-order valence-electron chi connectivity index (χ4n) is 3.29. The Balaban J connectivity index is 1.45. The smallest absolute Gasteiger partial charge is 0.354 e. The van der Waals surface area contributed by atoms with Gasteiger partial charge in [0.1, 0.15) is 11.2 Å². The number of halogens is 1. The first-order valence-electron chi connectivity index (χ1n) is 8.56. The lowest BCUT2D eigenvalue weighted by molar-refractivity contribution is 0.0690. The van der Waals surface area contributed by atoms with Gasteiger partial charge in [-0.05, 0) is 43.2 Å². The van der Waals surface area contributed by atoms with Crippen LogP contribution in [0, 0.1) is 0 Å². The van der Waals surface area contributed by atoms with Gasteiger partial charge in [-0.1, -0.05) is 11.6 Å². The number of carbonyl (C=O) groups is 2. The van der Waals surface area contributed by atoms with Crippen molar-refractivity contribution >= 4 is 34.6 Å². The monoisotopic (exact) mass is 385 g/mol. The lowest BCUT2D eigenvalue weighted by Gasteiger charge is -2.30. The molecule has 27 heavy (non-hydrogen) atoms. The standard InChI is InChI=1S/C19H16ClN3O4/c20-13-1-2-16-14(10-13)22-17(27-16)11-4-7-23(8-5-11)18(24)12-3-6-21-15(9-12)19(25)26/h1-3,6,9-11H,4-5,7-8H2,(H,25,26). The Labute approximate surface area is 159 Å². The summed E-state index contributed by atoms with van der Waals surface area (Å²) in [5.41, 5.74) is 1.62. The fourth-order valence-corrected chi connectivity index (χ4v) is 3.45. The minimum absolute atomic E-state index is 0.132. The Kier molecular flexibility index (Phi) is 4.53. The molecule has 0 spiro atoms. The second-order valence-electron chi connectivity index (χ2n) is 6.47. The highest BCUT2D eigenvalue weighted by Gasteiger charge is 2.28.